The van der Waals surface area contributed by atoms with Crippen molar-refractivity contribution in [3.05, 3.63) is 0 Å². The van der Waals surface area contributed by atoms with Crippen molar-refractivity contribution < 1.29 is 9.59 Å². The van der Waals surface area contributed by atoms with Crippen molar-refractivity contribution in [2.45, 2.75) is 18.9 Å². The maximum Gasteiger partial charge on any atom is 0.242 e. The maximum absolute atomic E-state index is 11.3. The van der Waals surface area contributed by atoms with E-state index in [1.807, 2.05) is 0 Å². The van der Waals surface area contributed by atoms with Gasteiger partial charge >= 0.3 is 0 Å². The molecule has 13 heavy (non-hydrogen) atoms. The van der Waals surface area contributed by atoms with Crippen LogP contribution in [0.1, 0.15) is 12.8 Å². The van der Waals surface area contributed by atoms with E-state index in [1.165, 1.54) is 0 Å². The summed E-state index contributed by atoms with van der Waals surface area (Å²) in [5, 5.41) is 2.54. The molecule has 0 aromatic heterocycles. The molecule has 0 aromatic rings. The molecule has 0 spiro atoms. The first kappa shape index (κ1) is 10.3. The van der Waals surface area contributed by atoms with Gasteiger partial charge in [0.25, 0.3) is 0 Å². The van der Waals surface area contributed by atoms with Crippen LogP contribution in [0.4, 0.5) is 0 Å². The molecule has 1 rings (SSSR count). The van der Waals surface area contributed by atoms with Crippen LogP contribution in [0.15, 0.2) is 0 Å². The van der Waals surface area contributed by atoms with Gasteiger partial charge in [0.1, 0.15) is 11.9 Å². The van der Waals surface area contributed by atoms with E-state index >= 15 is 0 Å². The minimum absolute atomic E-state index is 0.0481. The number of likely N-dealkylation sites (tertiary alicyclic amines) is 1. The van der Waals surface area contributed by atoms with Gasteiger partial charge in [0.15, 0.2) is 0 Å². The normalized spacial score (nSPS) is 21.7. The second-order valence-corrected chi connectivity index (χ2v) is 3.26. The fraction of sp³-hybridized carbons (Fsp3) is 0.750. The van der Waals surface area contributed by atoms with Crippen LogP contribution in [0.2, 0.25) is 0 Å². The number of carbonyl (C=O) groups is 2. The van der Waals surface area contributed by atoms with Crippen molar-refractivity contribution in [3.8, 4) is 0 Å². The van der Waals surface area contributed by atoms with Crippen LogP contribution in [0, 0.1) is 0 Å². The smallest absolute Gasteiger partial charge is 0.242 e. The molecule has 1 fully saturated rings. The van der Waals surface area contributed by atoms with E-state index in [9.17, 15) is 9.59 Å². The summed E-state index contributed by atoms with van der Waals surface area (Å²) in [5.41, 5.74) is 0. The third-order valence-electron chi connectivity index (χ3n) is 2.24. The van der Waals surface area contributed by atoms with E-state index in [0.29, 0.717) is 6.54 Å². The van der Waals surface area contributed by atoms with Crippen LogP contribution >= 0.6 is 11.6 Å². The SMILES string of the molecule is CNC(=O)[C@H]1CCCN1C(=O)CCl. The minimum atomic E-state index is -0.309. The average molecular weight is 205 g/mol. The monoisotopic (exact) mass is 204 g/mol. The predicted octanol–water partition coefficient (Wildman–Crippen LogP) is -0.0378. The van der Waals surface area contributed by atoms with Gasteiger partial charge in [0.2, 0.25) is 11.8 Å². The van der Waals surface area contributed by atoms with Gasteiger partial charge in [-0.1, -0.05) is 0 Å². The second-order valence-electron chi connectivity index (χ2n) is 2.99. The number of carbonyl (C=O) groups excluding carboxylic acids is 2. The van der Waals surface area contributed by atoms with E-state index in [-0.39, 0.29) is 23.7 Å². The van der Waals surface area contributed by atoms with E-state index < -0.39 is 0 Å². The fourth-order valence-corrected chi connectivity index (χ4v) is 1.73. The number of halogens is 1. The number of nitrogens with one attached hydrogen (secondary N) is 1. The molecule has 0 radical (unpaired) electrons. The lowest BCUT2D eigenvalue weighted by Crippen LogP contribution is -2.45. The molecule has 1 aliphatic rings. The summed E-state index contributed by atoms with van der Waals surface area (Å²) in [6.07, 6.45) is 1.61. The van der Waals surface area contributed by atoms with Gasteiger partial charge in [-0.05, 0) is 12.8 Å². The highest BCUT2D eigenvalue weighted by atomic mass is 35.5. The Balaban J connectivity index is 2.63. The van der Waals surface area contributed by atoms with Gasteiger partial charge < -0.3 is 10.2 Å². The molecule has 2 amide bonds. The fourth-order valence-electron chi connectivity index (χ4n) is 1.58. The standard InChI is InChI=1S/C8H13ClN2O2/c1-10-8(13)6-3-2-4-11(6)7(12)5-9/h6H,2-5H2,1H3,(H,10,13)/t6-/m1/s1. The van der Waals surface area contributed by atoms with Gasteiger partial charge in [0.05, 0.1) is 0 Å². The lowest BCUT2D eigenvalue weighted by Gasteiger charge is -2.22. The highest BCUT2D eigenvalue weighted by molar-refractivity contribution is 6.27. The Hall–Kier alpha value is -0.770. The average Bonchev–Trinajstić information content (AvgIpc) is 2.63. The van der Waals surface area contributed by atoms with Gasteiger partial charge in [-0.2, -0.15) is 0 Å². The summed E-state index contributed by atoms with van der Waals surface area (Å²) in [7, 11) is 1.57. The van der Waals surface area contributed by atoms with Gasteiger partial charge in [-0.15, -0.1) is 11.6 Å². The Bertz CT molecular complexity index is 198. The highest BCUT2D eigenvalue weighted by Gasteiger charge is 2.32. The molecule has 1 saturated heterocycles. The first-order valence-electron chi connectivity index (χ1n) is 4.27. The predicted molar refractivity (Wildman–Crippen MR) is 49.5 cm³/mol. The van der Waals surface area contributed by atoms with Gasteiger partial charge in [-0.25, -0.2) is 0 Å². The number of hydrogen-bond donors (Lipinski definition) is 1. The van der Waals surface area contributed by atoms with Crippen molar-refractivity contribution in [3.63, 3.8) is 0 Å². The molecule has 0 bridgehead atoms. The van der Waals surface area contributed by atoms with Crippen LogP contribution in [0.3, 0.4) is 0 Å². The molecule has 1 aliphatic heterocycles. The zero-order chi connectivity index (χ0) is 9.84. The summed E-state index contributed by atoms with van der Waals surface area (Å²) >= 11 is 5.42. The topological polar surface area (TPSA) is 49.4 Å². The highest BCUT2D eigenvalue weighted by Crippen LogP contribution is 2.17. The minimum Gasteiger partial charge on any atom is -0.357 e. The number of likely N-dealkylation sites (N-methyl/N-ethyl adjacent to an activating group) is 1. The number of hydrogen-bond acceptors (Lipinski definition) is 2. The number of nitrogens with zero attached hydrogens (tertiary/aromatic N) is 1. The van der Waals surface area contributed by atoms with Gasteiger partial charge in [0, 0.05) is 13.6 Å². The van der Waals surface area contributed by atoms with Crippen LogP contribution in [0.25, 0.3) is 0 Å². The van der Waals surface area contributed by atoms with Crippen molar-refractivity contribution in [1.82, 2.24) is 10.2 Å². The molecular weight excluding hydrogens is 192 g/mol. The molecule has 1 heterocycles. The molecule has 4 nitrogen and oxygen atoms in total. The molecule has 1 atom stereocenters. The zero-order valence-electron chi connectivity index (χ0n) is 7.55. The van der Waals surface area contributed by atoms with E-state index in [0.717, 1.165) is 12.8 Å². The lowest BCUT2D eigenvalue weighted by molar-refractivity contribution is -0.136. The molecule has 0 saturated carbocycles. The largest absolute Gasteiger partial charge is 0.357 e. The molecule has 0 aromatic carbocycles. The van der Waals surface area contributed by atoms with Crippen molar-refractivity contribution >= 4 is 23.4 Å². The molecule has 0 aliphatic carbocycles. The molecule has 74 valence electrons. The van der Waals surface area contributed by atoms with Crippen molar-refractivity contribution in [2.75, 3.05) is 19.5 Å². The lowest BCUT2D eigenvalue weighted by atomic mass is 10.2. The Labute approximate surface area is 82.2 Å². The molecule has 5 heteroatoms. The second kappa shape index (κ2) is 4.46. The van der Waals surface area contributed by atoms with E-state index in [4.69, 9.17) is 11.6 Å². The summed E-state index contributed by atoms with van der Waals surface area (Å²) in [6.45, 7) is 0.642. The Morgan fingerprint density at radius 1 is 1.62 bits per heavy atom. The van der Waals surface area contributed by atoms with E-state index in [2.05, 4.69) is 5.32 Å². The van der Waals surface area contributed by atoms with Crippen LogP contribution in [0.5, 0.6) is 0 Å². The molecule has 1 N–H and O–H groups in total. The summed E-state index contributed by atoms with van der Waals surface area (Å²) in [4.78, 5) is 24.1. The van der Waals surface area contributed by atoms with Crippen LogP contribution in [-0.2, 0) is 9.59 Å². The Morgan fingerprint density at radius 3 is 2.85 bits per heavy atom. The number of rotatable bonds is 2. The maximum atomic E-state index is 11.3. The Morgan fingerprint density at radius 2 is 2.31 bits per heavy atom. The Kier molecular flexibility index (Phi) is 3.54. The van der Waals surface area contributed by atoms with Gasteiger partial charge in [-0.3, -0.25) is 9.59 Å². The quantitative estimate of drug-likeness (QED) is 0.642. The first-order valence-corrected chi connectivity index (χ1v) is 4.81. The van der Waals surface area contributed by atoms with Crippen molar-refractivity contribution in [2.24, 2.45) is 0 Å². The zero-order valence-corrected chi connectivity index (χ0v) is 8.30. The van der Waals surface area contributed by atoms with Crippen molar-refractivity contribution in [1.29, 1.82) is 0 Å². The first-order chi connectivity index (χ1) is 6.20. The third-order valence-corrected chi connectivity index (χ3v) is 2.47. The summed E-state index contributed by atoms with van der Waals surface area (Å²) in [5.74, 6) is -0.309. The summed E-state index contributed by atoms with van der Waals surface area (Å²) < 4.78 is 0. The van der Waals surface area contributed by atoms with E-state index in [1.54, 1.807) is 11.9 Å². The molecule has 0 unspecified atom stereocenters. The van der Waals surface area contributed by atoms with Crippen LogP contribution in [-0.4, -0.2) is 42.2 Å². The number of amides is 2. The number of alkyl halides is 1. The third kappa shape index (κ3) is 2.12. The van der Waals surface area contributed by atoms with Crippen LogP contribution < -0.4 is 5.32 Å². The summed E-state index contributed by atoms with van der Waals surface area (Å²) in [6, 6.07) is -0.309. The molecular formula is C8H13ClN2O2.